The molecule has 0 unspecified atom stereocenters. The Morgan fingerprint density at radius 3 is 2.38 bits per heavy atom. The van der Waals surface area contributed by atoms with E-state index in [-0.39, 0.29) is 12.5 Å². The highest BCUT2D eigenvalue weighted by Gasteiger charge is 2.21. The Hall–Kier alpha value is -3.29. The van der Waals surface area contributed by atoms with Crippen molar-refractivity contribution >= 4 is 22.9 Å². The van der Waals surface area contributed by atoms with Crippen molar-refractivity contribution in [1.29, 1.82) is 0 Å². The minimum Gasteiger partial charge on any atom is -0.419 e. The van der Waals surface area contributed by atoms with Gasteiger partial charge in [-0.3, -0.25) is 9.69 Å². The van der Waals surface area contributed by atoms with Gasteiger partial charge in [0.15, 0.2) is 0 Å². The van der Waals surface area contributed by atoms with Gasteiger partial charge in [-0.1, -0.05) is 61.5 Å². The Balaban J connectivity index is 1.49. The number of hydrogen-bond donors (Lipinski definition) is 0. The van der Waals surface area contributed by atoms with Crippen LogP contribution in [0.15, 0.2) is 82.6 Å². The molecule has 2 aromatic heterocycles. The summed E-state index contributed by atoms with van der Waals surface area (Å²) in [5.74, 6) is 1.07. The van der Waals surface area contributed by atoms with Crippen LogP contribution in [0, 0.1) is 0 Å². The number of benzene rings is 2. The molecule has 32 heavy (non-hydrogen) atoms. The number of nitrogens with zero attached hydrogens (tertiary/aromatic N) is 4. The highest BCUT2D eigenvalue weighted by Crippen LogP contribution is 2.23. The van der Waals surface area contributed by atoms with Crippen LogP contribution in [0.1, 0.15) is 24.8 Å². The van der Waals surface area contributed by atoms with Crippen molar-refractivity contribution in [3.63, 3.8) is 0 Å². The average Bonchev–Trinajstić information content (AvgIpc) is 3.51. The molecule has 164 valence electrons. The summed E-state index contributed by atoms with van der Waals surface area (Å²) in [4.78, 5) is 18.3. The third kappa shape index (κ3) is 5.69. The zero-order chi connectivity index (χ0) is 22.2. The molecule has 2 heterocycles. The molecule has 1 amide bonds. The third-order valence-electron chi connectivity index (χ3n) is 5.01. The largest absolute Gasteiger partial charge is 0.419 e. The van der Waals surface area contributed by atoms with Crippen molar-refractivity contribution in [3.05, 3.63) is 89.6 Å². The summed E-state index contributed by atoms with van der Waals surface area (Å²) in [6.45, 7) is 4.09. The molecule has 0 aliphatic carbocycles. The number of amides is 1. The normalized spacial score (nSPS) is 11.1. The number of hydrogen-bond acceptors (Lipinski definition) is 6. The van der Waals surface area contributed by atoms with Crippen LogP contribution >= 0.6 is 11.3 Å². The van der Waals surface area contributed by atoms with Crippen LogP contribution in [0.3, 0.4) is 0 Å². The molecule has 0 fully saturated rings. The van der Waals surface area contributed by atoms with E-state index in [2.05, 4.69) is 22.0 Å². The van der Waals surface area contributed by atoms with Crippen molar-refractivity contribution in [1.82, 2.24) is 15.1 Å². The summed E-state index contributed by atoms with van der Waals surface area (Å²) in [7, 11) is 0. The van der Waals surface area contributed by atoms with Crippen molar-refractivity contribution in [2.75, 3.05) is 18.0 Å². The van der Waals surface area contributed by atoms with Gasteiger partial charge in [0.25, 0.3) is 5.89 Å². The van der Waals surface area contributed by atoms with E-state index in [4.69, 9.17) is 4.42 Å². The molecule has 0 saturated heterocycles. The van der Waals surface area contributed by atoms with Gasteiger partial charge < -0.3 is 9.32 Å². The summed E-state index contributed by atoms with van der Waals surface area (Å²) < 4.78 is 5.85. The maximum Gasteiger partial charge on any atom is 0.257 e. The molecule has 0 aliphatic heterocycles. The first-order valence-corrected chi connectivity index (χ1v) is 11.6. The first kappa shape index (κ1) is 21.9. The second-order valence-electron chi connectivity index (χ2n) is 7.49. The van der Waals surface area contributed by atoms with E-state index < -0.39 is 0 Å². The van der Waals surface area contributed by atoms with Crippen LogP contribution in [0.25, 0.3) is 10.8 Å². The predicted molar refractivity (Wildman–Crippen MR) is 127 cm³/mol. The van der Waals surface area contributed by atoms with E-state index in [1.807, 2.05) is 83.1 Å². The Morgan fingerprint density at radius 1 is 0.938 bits per heavy atom. The minimum absolute atomic E-state index is 0.0338. The Morgan fingerprint density at radius 2 is 1.69 bits per heavy atom. The number of carbonyl (C=O) groups excluding carboxylic acids is 1. The number of rotatable bonds is 10. The summed E-state index contributed by atoms with van der Waals surface area (Å²) in [5, 5.41) is 10.3. The lowest BCUT2D eigenvalue weighted by atomic mass is 10.2. The van der Waals surface area contributed by atoms with Gasteiger partial charge in [0.2, 0.25) is 11.8 Å². The van der Waals surface area contributed by atoms with E-state index in [0.717, 1.165) is 29.1 Å². The van der Waals surface area contributed by atoms with Gasteiger partial charge >= 0.3 is 0 Å². The van der Waals surface area contributed by atoms with E-state index >= 15 is 0 Å². The molecule has 0 aliphatic rings. The molecular weight excluding hydrogens is 420 g/mol. The second-order valence-corrected chi connectivity index (χ2v) is 8.44. The minimum atomic E-state index is 0.0338. The Bertz CT molecular complexity index is 1100. The van der Waals surface area contributed by atoms with Gasteiger partial charge in [0.05, 0.1) is 24.5 Å². The second kappa shape index (κ2) is 10.8. The van der Waals surface area contributed by atoms with E-state index in [0.29, 0.717) is 24.9 Å². The molecule has 7 heteroatoms. The van der Waals surface area contributed by atoms with Crippen LogP contribution in [-0.4, -0.2) is 34.1 Å². The molecule has 0 bridgehead atoms. The quantitative estimate of drug-likeness (QED) is 0.333. The van der Waals surface area contributed by atoms with Crippen LogP contribution in [-0.2, 0) is 17.9 Å². The summed E-state index contributed by atoms with van der Waals surface area (Å²) in [6, 6.07) is 23.8. The lowest BCUT2D eigenvalue weighted by Gasteiger charge is -2.27. The molecule has 0 saturated carbocycles. The molecule has 2 aromatic carbocycles. The van der Waals surface area contributed by atoms with Crippen LogP contribution in [0.4, 0.5) is 5.69 Å². The van der Waals surface area contributed by atoms with Gasteiger partial charge in [0.1, 0.15) is 0 Å². The smallest absolute Gasteiger partial charge is 0.257 e. The molecule has 4 rings (SSSR count). The maximum absolute atomic E-state index is 13.4. The first-order chi connectivity index (χ1) is 15.7. The zero-order valence-electron chi connectivity index (χ0n) is 18.1. The van der Waals surface area contributed by atoms with Crippen molar-refractivity contribution in [2.45, 2.75) is 26.4 Å². The highest BCUT2D eigenvalue weighted by atomic mass is 32.1. The van der Waals surface area contributed by atoms with Gasteiger partial charge in [-0.25, -0.2) is 0 Å². The van der Waals surface area contributed by atoms with E-state index in [9.17, 15) is 4.79 Å². The van der Waals surface area contributed by atoms with E-state index in [1.165, 1.54) is 0 Å². The SMILES string of the molecule is CCCN(CC(=O)N(Cc1ccccc1)c1ccccc1)Cc1nnc(-c2cccs2)o1. The number of thiophene rings is 1. The number of para-hydroxylation sites is 1. The molecule has 0 N–H and O–H groups in total. The molecule has 6 nitrogen and oxygen atoms in total. The van der Waals surface area contributed by atoms with Gasteiger partial charge in [-0.05, 0) is 42.1 Å². The van der Waals surface area contributed by atoms with Gasteiger partial charge in [-0.15, -0.1) is 21.5 Å². The van der Waals surface area contributed by atoms with Crippen LogP contribution < -0.4 is 4.90 Å². The number of aromatic nitrogens is 2. The molecule has 0 radical (unpaired) electrons. The zero-order valence-corrected chi connectivity index (χ0v) is 18.9. The lowest BCUT2D eigenvalue weighted by molar-refractivity contribution is -0.120. The number of anilines is 1. The Kier molecular flexibility index (Phi) is 7.42. The lowest BCUT2D eigenvalue weighted by Crippen LogP contribution is -2.40. The highest BCUT2D eigenvalue weighted by molar-refractivity contribution is 7.13. The molecular formula is C25H26N4O2S. The third-order valence-corrected chi connectivity index (χ3v) is 5.87. The van der Waals surface area contributed by atoms with Crippen LogP contribution in [0.2, 0.25) is 0 Å². The van der Waals surface area contributed by atoms with Crippen LogP contribution in [0.5, 0.6) is 0 Å². The predicted octanol–water partition coefficient (Wildman–Crippen LogP) is 5.24. The Labute approximate surface area is 192 Å². The standard InChI is InChI=1S/C25H26N4O2S/c1-2-15-28(18-23-26-27-25(31-23)22-14-9-16-32-22)19-24(30)29(21-12-7-4-8-13-21)17-20-10-5-3-6-11-20/h3-14,16H,2,15,17-19H2,1H3. The molecule has 0 spiro atoms. The summed E-state index contributed by atoms with van der Waals surface area (Å²) in [6.07, 6.45) is 0.920. The average molecular weight is 447 g/mol. The van der Waals surface area contributed by atoms with Crippen molar-refractivity contribution in [3.8, 4) is 10.8 Å². The van der Waals surface area contributed by atoms with Crippen molar-refractivity contribution in [2.24, 2.45) is 0 Å². The molecule has 4 aromatic rings. The summed E-state index contributed by atoms with van der Waals surface area (Å²) >= 11 is 1.56. The first-order valence-electron chi connectivity index (χ1n) is 10.7. The fourth-order valence-corrected chi connectivity index (χ4v) is 4.16. The van der Waals surface area contributed by atoms with Gasteiger partial charge in [0, 0.05) is 5.69 Å². The number of carbonyl (C=O) groups is 1. The maximum atomic E-state index is 13.4. The van der Waals surface area contributed by atoms with Crippen molar-refractivity contribution < 1.29 is 9.21 Å². The fourth-order valence-electron chi connectivity index (χ4n) is 3.51. The van der Waals surface area contributed by atoms with E-state index in [1.54, 1.807) is 11.3 Å². The topological polar surface area (TPSA) is 62.5 Å². The molecule has 0 atom stereocenters. The monoisotopic (exact) mass is 446 g/mol. The van der Waals surface area contributed by atoms with Gasteiger partial charge in [-0.2, -0.15) is 0 Å². The fraction of sp³-hybridized carbons (Fsp3) is 0.240. The summed E-state index contributed by atoms with van der Waals surface area (Å²) in [5.41, 5.74) is 1.97.